The number of carbonyl (C=O) groups excluding carboxylic acids is 1. The van der Waals surface area contributed by atoms with Crippen LogP contribution in [0.15, 0.2) is 22.8 Å². The fourth-order valence-corrected chi connectivity index (χ4v) is 5.06. The second-order valence-corrected chi connectivity index (χ2v) is 8.43. The predicted octanol–water partition coefficient (Wildman–Crippen LogP) is 4.26. The number of cyclic esters (lactones) is 1. The highest BCUT2D eigenvalue weighted by Crippen LogP contribution is 2.56. The molecule has 0 saturated carbocycles. The molecule has 0 bridgehead atoms. The normalized spacial score (nSPS) is 36.2. The van der Waals surface area contributed by atoms with Gasteiger partial charge >= 0.3 is 11.9 Å². The molecule has 0 aromatic heterocycles. The summed E-state index contributed by atoms with van der Waals surface area (Å²) >= 11 is 0. The maximum atomic E-state index is 12.0. The van der Waals surface area contributed by atoms with Crippen molar-refractivity contribution in [1.29, 1.82) is 0 Å². The van der Waals surface area contributed by atoms with Crippen molar-refractivity contribution in [3.05, 3.63) is 22.8 Å². The van der Waals surface area contributed by atoms with Crippen molar-refractivity contribution >= 4 is 11.9 Å². The highest BCUT2D eigenvalue weighted by molar-refractivity contribution is 5.85. The Morgan fingerprint density at radius 2 is 2.12 bits per heavy atom. The zero-order valence-electron chi connectivity index (χ0n) is 15.0. The van der Waals surface area contributed by atoms with Crippen LogP contribution in [0, 0.1) is 16.7 Å². The molecule has 0 radical (unpaired) electrons. The van der Waals surface area contributed by atoms with Gasteiger partial charge in [0.15, 0.2) is 0 Å². The summed E-state index contributed by atoms with van der Waals surface area (Å²) in [6, 6.07) is 0. The molecule has 0 saturated heterocycles. The van der Waals surface area contributed by atoms with E-state index in [0.29, 0.717) is 12.5 Å². The van der Waals surface area contributed by atoms with Gasteiger partial charge in [0, 0.05) is 6.08 Å². The first-order valence-electron chi connectivity index (χ1n) is 9.07. The minimum Gasteiger partial charge on any atom is -0.481 e. The average molecular weight is 332 g/mol. The summed E-state index contributed by atoms with van der Waals surface area (Å²) in [4.78, 5) is 23.2. The Bertz CT molecular complexity index is 630. The van der Waals surface area contributed by atoms with Gasteiger partial charge in [0.2, 0.25) is 0 Å². The molecule has 4 nitrogen and oxygen atoms in total. The lowest BCUT2D eigenvalue weighted by molar-refractivity contribution is -0.146. The number of ether oxygens (including phenoxy) is 1. The van der Waals surface area contributed by atoms with Crippen LogP contribution in [0.25, 0.3) is 0 Å². The molecule has 132 valence electrons. The molecule has 0 amide bonds. The largest absolute Gasteiger partial charge is 0.481 e. The monoisotopic (exact) mass is 332 g/mol. The van der Waals surface area contributed by atoms with E-state index in [-0.39, 0.29) is 11.4 Å². The molecule has 3 atom stereocenters. The van der Waals surface area contributed by atoms with Crippen LogP contribution >= 0.6 is 0 Å². The summed E-state index contributed by atoms with van der Waals surface area (Å²) in [5.74, 6) is -0.409. The van der Waals surface area contributed by atoms with Crippen molar-refractivity contribution < 1.29 is 19.4 Å². The second kappa shape index (κ2) is 6.05. The first-order chi connectivity index (χ1) is 11.2. The summed E-state index contributed by atoms with van der Waals surface area (Å²) in [5.41, 5.74) is 2.99. The minimum atomic E-state index is -0.699. The van der Waals surface area contributed by atoms with Crippen LogP contribution in [-0.4, -0.2) is 23.7 Å². The molecule has 2 aliphatic carbocycles. The zero-order valence-corrected chi connectivity index (χ0v) is 15.0. The number of carboxylic acid groups (broad SMARTS) is 1. The minimum absolute atomic E-state index is 0.0383. The first-order valence-corrected chi connectivity index (χ1v) is 9.07. The highest BCUT2D eigenvalue weighted by atomic mass is 16.5. The Morgan fingerprint density at radius 1 is 1.38 bits per heavy atom. The molecule has 1 N–H and O–H groups in total. The van der Waals surface area contributed by atoms with E-state index in [0.717, 1.165) is 50.5 Å². The summed E-state index contributed by atoms with van der Waals surface area (Å²) in [6.45, 7) is 6.86. The molecule has 0 fully saturated rings. The Hall–Kier alpha value is -1.58. The van der Waals surface area contributed by atoms with Gasteiger partial charge in [-0.15, -0.1) is 0 Å². The Kier molecular flexibility index (Phi) is 4.35. The van der Waals surface area contributed by atoms with Crippen molar-refractivity contribution in [1.82, 2.24) is 0 Å². The van der Waals surface area contributed by atoms with Gasteiger partial charge in [-0.2, -0.15) is 0 Å². The smallest absolute Gasteiger partial charge is 0.331 e. The van der Waals surface area contributed by atoms with Crippen LogP contribution in [0.4, 0.5) is 0 Å². The van der Waals surface area contributed by atoms with Crippen molar-refractivity contribution in [3.63, 3.8) is 0 Å². The molecule has 1 aliphatic heterocycles. The number of carbonyl (C=O) groups is 2. The van der Waals surface area contributed by atoms with Crippen LogP contribution in [-0.2, 0) is 14.3 Å². The van der Waals surface area contributed by atoms with Crippen LogP contribution in [0.5, 0.6) is 0 Å². The number of hydrogen-bond acceptors (Lipinski definition) is 3. The van der Waals surface area contributed by atoms with Crippen LogP contribution in [0.2, 0.25) is 0 Å². The van der Waals surface area contributed by atoms with Gasteiger partial charge < -0.3 is 9.84 Å². The summed E-state index contributed by atoms with van der Waals surface area (Å²) < 4.78 is 5.01. The number of rotatable bonds is 4. The molecule has 0 aromatic carbocycles. The number of carboxylic acids is 1. The maximum Gasteiger partial charge on any atom is 0.331 e. The topological polar surface area (TPSA) is 63.6 Å². The summed E-state index contributed by atoms with van der Waals surface area (Å²) in [7, 11) is 0. The lowest BCUT2D eigenvalue weighted by Gasteiger charge is -2.48. The fraction of sp³-hybridized carbons (Fsp3) is 0.700. The molecule has 3 aliphatic rings. The standard InChI is InChI=1S/C20H28O4/c1-13-9-16-15(5-4-7-20(16,3)18(22)23)19(2,11-13)8-6-14-10-17(21)24-12-14/h10,13H,4-9,11-12H2,1-3H3,(H,22,23)/t13-,19?,20-/m1/s1. The molecular weight excluding hydrogens is 304 g/mol. The molecule has 4 heteroatoms. The van der Waals surface area contributed by atoms with Gasteiger partial charge in [0.05, 0.1) is 5.41 Å². The lowest BCUT2D eigenvalue weighted by Crippen LogP contribution is -2.40. The summed E-state index contributed by atoms with van der Waals surface area (Å²) in [5, 5.41) is 9.83. The molecule has 1 heterocycles. The second-order valence-electron chi connectivity index (χ2n) is 8.43. The number of hydrogen-bond donors (Lipinski definition) is 1. The third kappa shape index (κ3) is 2.91. The van der Waals surface area contributed by atoms with Gasteiger partial charge in [0.1, 0.15) is 6.61 Å². The van der Waals surface area contributed by atoms with Gasteiger partial charge in [-0.1, -0.05) is 25.0 Å². The summed E-state index contributed by atoms with van der Waals surface area (Å²) in [6.07, 6.45) is 8.18. The van der Waals surface area contributed by atoms with Gasteiger partial charge in [0.25, 0.3) is 0 Å². The lowest BCUT2D eigenvalue weighted by atomic mass is 9.56. The van der Waals surface area contributed by atoms with E-state index in [2.05, 4.69) is 13.8 Å². The van der Waals surface area contributed by atoms with Gasteiger partial charge in [-0.25, -0.2) is 4.79 Å². The third-order valence-electron chi connectivity index (χ3n) is 6.41. The maximum absolute atomic E-state index is 12.0. The molecule has 1 unspecified atom stereocenters. The predicted molar refractivity (Wildman–Crippen MR) is 91.4 cm³/mol. The Labute approximate surface area is 144 Å². The Balaban J connectivity index is 1.90. The van der Waals surface area contributed by atoms with Crippen LogP contribution in [0.3, 0.4) is 0 Å². The average Bonchev–Trinajstić information content (AvgIpc) is 2.92. The number of allylic oxidation sites excluding steroid dienone is 1. The van der Waals surface area contributed by atoms with Gasteiger partial charge in [-0.3, -0.25) is 4.79 Å². The molecule has 0 spiro atoms. The molecule has 3 rings (SSSR count). The molecular formula is C20H28O4. The highest BCUT2D eigenvalue weighted by Gasteiger charge is 2.47. The van der Waals surface area contributed by atoms with Crippen LogP contribution < -0.4 is 0 Å². The van der Waals surface area contributed by atoms with Crippen molar-refractivity contribution in [2.45, 2.75) is 65.7 Å². The van der Waals surface area contributed by atoms with Gasteiger partial charge in [-0.05, 0) is 68.8 Å². The third-order valence-corrected chi connectivity index (χ3v) is 6.41. The van der Waals surface area contributed by atoms with E-state index < -0.39 is 11.4 Å². The van der Waals surface area contributed by atoms with E-state index in [9.17, 15) is 14.7 Å². The zero-order chi connectivity index (χ0) is 17.5. The fourth-order valence-electron chi connectivity index (χ4n) is 5.06. The number of esters is 1. The van der Waals surface area contributed by atoms with E-state index in [1.54, 1.807) is 6.08 Å². The van der Waals surface area contributed by atoms with Crippen molar-refractivity contribution in [2.75, 3.05) is 6.61 Å². The van der Waals surface area contributed by atoms with E-state index in [1.165, 1.54) is 11.1 Å². The van der Waals surface area contributed by atoms with E-state index in [4.69, 9.17) is 4.74 Å². The SMILES string of the molecule is C[C@@H]1CC2=C(CCC[C@@]2(C)C(=O)O)C(C)(CCC2=CC(=O)OC2)C1. The van der Waals surface area contributed by atoms with Crippen molar-refractivity contribution in [2.24, 2.45) is 16.7 Å². The van der Waals surface area contributed by atoms with Crippen molar-refractivity contribution in [3.8, 4) is 0 Å². The van der Waals surface area contributed by atoms with Crippen LogP contribution in [0.1, 0.15) is 65.7 Å². The molecule has 24 heavy (non-hydrogen) atoms. The Morgan fingerprint density at radius 3 is 2.75 bits per heavy atom. The first kappa shape index (κ1) is 17.2. The molecule has 0 aromatic rings. The van der Waals surface area contributed by atoms with E-state index >= 15 is 0 Å². The number of aliphatic carboxylic acids is 1. The quantitative estimate of drug-likeness (QED) is 0.617. The van der Waals surface area contributed by atoms with E-state index in [1.807, 2.05) is 6.92 Å².